The average molecular weight is 242 g/mol. The van der Waals surface area contributed by atoms with E-state index in [4.69, 9.17) is 4.42 Å². The summed E-state index contributed by atoms with van der Waals surface area (Å²) in [7, 11) is 1.62. The molecule has 0 saturated carbocycles. The molecule has 17 heavy (non-hydrogen) atoms. The second-order valence-corrected chi connectivity index (χ2v) is 3.78. The van der Waals surface area contributed by atoms with Gasteiger partial charge in [0.15, 0.2) is 5.58 Å². The number of H-pyrrole nitrogens is 1. The number of fused-ring (bicyclic) bond motifs is 1. The fourth-order valence-electron chi connectivity index (χ4n) is 1.60. The summed E-state index contributed by atoms with van der Waals surface area (Å²) in [6.07, 6.45) is -0.302. The molecule has 0 amide bonds. The Kier molecular flexibility index (Phi) is 2.97. The molecule has 1 aromatic carbocycles. The molecule has 0 radical (unpaired) electrons. The first-order chi connectivity index (χ1) is 8.03. The topological polar surface area (TPSA) is 58.0 Å². The summed E-state index contributed by atoms with van der Waals surface area (Å²) in [5.41, 5.74) is 0.419. The van der Waals surface area contributed by atoms with Crippen LogP contribution in [0.2, 0.25) is 0 Å². The van der Waals surface area contributed by atoms with Crippen LogP contribution >= 0.6 is 0 Å². The van der Waals surface area contributed by atoms with Gasteiger partial charge in [0, 0.05) is 18.5 Å². The zero-order valence-electron chi connectivity index (χ0n) is 9.22. The molecular weight excluding hydrogens is 230 g/mol. The van der Waals surface area contributed by atoms with Gasteiger partial charge in [0.1, 0.15) is 0 Å². The molecule has 0 fully saturated rings. The summed E-state index contributed by atoms with van der Waals surface area (Å²) < 4.78 is 32.2. The molecule has 0 spiro atoms. The minimum atomic E-state index is -2.94. The van der Waals surface area contributed by atoms with E-state index < -0.39 is 11.7 Å². The number of benzene rings is 1. The van der Waals surface area contributed by atoms with Crippen molar-refractivity contribution in [1.82, 2.24) is 10.3 Å². The Labute approximate surface area is 95.6 Å². The minimum Gasteiger partial charge on any atom is -0.408 e. The number of oxazole rings is 1. The molecule has 0 aliphatic heterocycles. The molecule has 0 saturated heterocycles. The Hall–Kier alpha value is -1.69. The zero-order chi connectivity index (χ0) is 12.5. The van der Waals surface area contributed by atoms with Crippen molar-refractivity contribution in [2.24, 2.45) is 0 Å². The Balaban J connectivity index is 2.37. The van der Waals surface area contributed by atoms with Crippen molar-refractivity contribution >= 4 is 11.1 Å². The highest BCUT2D eigenvalue weighted by Crippen LogP contribution is 2.32. The largest absolute Gasteiger partial charge is 0.417 e. The van der Waals surface area contributed by atoms with E-state index in [0.29, 0.717) is 5.52 Å². The summed E-state index contributed by atoms with van der Waals surface area (Å²) in [5.74, 6) is -3.58. The van der Waals surface area contributed by atoms with Crippen molar-refractivity contribution in [3.8, 4) is 0 Å². The molecule has 0 aliphatic rings. The van der Waals surface area contributed by atoms with Crippen LogP contribution in [-0.4, -0.2) is 18.6 Å². The Morgan fingerprint density at radius 3 is 2.94 bits per heavy atom. The summed E-state index contributed by atoms with van der Waals surface area (Å²) in [4.78, 5) is 13.3. The number of halogens is 2. The molecular formula is C11H12F2N2O2. The van der Waals surface area contributed by atoms with Crippen molar-refractivity contribution in [3.05, 3.63) is 34.3 Å². The average Bonchev–Trinajstić information content (AvgIpc) is 2.65. The van der Waals surface area contributed by atoms with Gasteiger partial charge in [-0.15, -0.1) is 0 Å². The Morgan fingerprint density at radius 1 is 1.47 bits per heavy atom. The van der Waals surface area contributed by atoms with Gasteiger partial charge in [-0.1, -0.05) is 6.07 Å². The highest BCUT2D eigenvalue weighted by molar-refractivity contribution is 5.72. The van der Waals surface area contributed by atoms with Gasteiger partial charge in [0.25, 0.3) is 5.92 Å². The van der Waals surface area contributed by atoms with Crippen molar-refractivity contribution < 1.29 is 13.2 Å². The predicted octanol–water partition coefficient (Wildman–Crippen LogP) is 1.82. The van der Waals surface area contributed by atoms with Crippen LogP contribution in [0.1, 0.15) is 12.0 Å². The van der Waals surface area contributed by atoms with Crippen LogP contribution in [0.25, 0.3) is 11.1 Å². The molecule has 0 atom stereocenters. The maximum absolute atomic E-state index is 13.7. The second-order valence-electron chi connectivity index (χ2n) is 3.78. The standard InChI is InChI=1S/C11H12F2N2O2/c1-14-5-4-11(12,13)7-2-3-8-9(6-7)17-10(16)15-8/h2-3,6,14H,4-5H2,1H3,(H,15,16). The van der Waals surface area contributed by atoms with Crippen molar-refractivity contribution in [1.29, 1.82) is 0 Å². The summed E-state index contributed by atoms with van der Waals surface area (Å²) >= 11 is 0. The first kappa shape index (κ1) is 11.8. The van der Waals surface area contributed by atoms with Crippen LogP contribution < -0.4 is 11.1 Å². The maximum atomic E-state index is 13.7. The van der Waals surface area contributed by atoms with Crippen LogP contribution in [0, 0.1) is 0 Å². The van der Waals surface area contributed by atoms with E-state index in [0.717, 1.165) is 0 Å². The molecule has 1 aromatic heterocycles. The number of alkyl halides is 2. The normalized spacial score (nSPS) is 12.2. The molecule has 2 rings (SSSR count). The number of hydrogen-bond acceptors (Lipinski definition) is 3. The monoisotopic (exact) mass is 242 g/mol. The number of aromatic nitrogens is 1. The third-order valence-electron chi connectivity index (χ3n) is 2.53. The number of hydrogen-bond donors (Lipinski definition) is 2. The van der Waals surface area contributed by atoms with Gasteiger partial charge >= 0.3 is 5.76 Å². The summed E-state index contributed by atoms with van der Waals surface area (Å²) in [5, 5.41) is 2.68. The van der Waals surface area contributed by atoms with Gasteiger partial charge < -0.3 is 9.73 Å². The van der Waals surface area contributed by atoms with Crippen LogP contribution in [0.4, 0.5) is 8.78 Å². The fraction of sp³-hybridized carbons (Fsp3) is 0.364. The quantitative estimate of drug-likeness (QED) is 0.859. The molecule has 92 valence electrons. The lowest BCUT2D eigenvalue weighted by Gasteiger charge is -2.16. The third-order valence-corrected chi connectivity index (χ3v) is 2.53. The van der Waals surface area contributed by atoms with E-state index in [2.05, 4.69) is 10.3 Å². The molecule has 6 heteroatoms. The van der Waals surface area contributed by atoms with E-state index in [1.165, 1.54) is 18.2 Å². The molecule has 2 aromatic rings. The highest BCUT2D eigenvalue weighted by Gasteiger charge is 2.31. The van der Waals surface area contributed by atoms with E-state index in [9.17, 15) is 13.6 Å². The van der Waals surface area contributed by atoms with Crippen LogP contribution in [0.3, 0.4) is 0 Å². The van der Waals surface area contributed by atoms with Gasteiger partial charge in [-0.25, -0.2) is 13.6 Å². The SMILES string of the molecule is CNCCC(F)(F)c1ccc2[nH]c(=O)oc2c1. The molecule has 1 heterocycles. The lowest BCUT2D eigenvalue weighted by molar-refractivity contribution is -0.0123. The van der Waals surface area contributed by atoms with E-state index in [1.54, 1.807) is 7.05 Å². The Morgan fingerprint density at radius 2 is 2.24 bits per heavy atom. The van der Waals surface area contributed by atoms with Gasteiger partial charge in [-0.2, -0.15) is 0 Å². The lowest BCUT2D eigenvalue weighted by Crippen LogP contribution is -2.20. The zero-order valence-corrected chi connectivity index (χ0v) is 9.22. The summed E-state index contributed by atoms with van der Waals surface area (Å²) in [6, 6.07) is 3.91. The van der Waals surface area contributed by atoms with Crippen molar-refractivity contribution in [3.63, 3.8) is 0 Å². The van der Waals surface area contributed by atoms with E-state index in [-0.39, 0.29) is 24.1 Å². The van der Waals surface area contributed by atoms with Crippen LogP contribution in [0.5, 0.6) is 0 Å². The van der Waals surface area contributed by atoms with Crippen LogP contribution in [0.15, 0.2) is 27.4 Å². The minimum absolute atomic E-state index is 0.150. The number of rotatable bonds is 4. The predicted molar refractivity (Wildman–Crippen MR) is 59.3 cm³/mol. The van der Waals surface area contributed by atoms with Gasteiger partial charge in [0.05, 0.1) is 5.52 Å². The molecule has 0 bridgehead atoms. The number of nitrogens with one attached hydrogen (secondary N) is 2. The molecule has 0 unspecified atom stereocenters. The fourth-order valence-corrected chi connectivity index (χ4v) is 1.60. The molecule has 4 nitrogen and oxygen atoms in total. The van der Waals surface area contributed by atoms with Crippen LogP contribution in [-0.2, 0) is 5.92 Å². The molecule has 0 aliphatic carbocycles. The van der Waals surface area contributed by atoms with Gasteiger partial charge in [0.2, 0.25) is 0 Å². The van der Waals surface area contributed by atoms with E-state index in [1.807, 2.05) is 0 Å². The molecule has 2 N–H and O–H groups in total. The second kappa shape index (κ2) is 4.29. The highest BCUT2D eigenvalue weighted by atomic mass is 19.3. The Bertz CT molecular complexity index is 574. The first-order valence-corrected chi connectivity index (χ1v) is 5.19. The lowest BCUT2D eigenvalue weighted by atomic mass is 10.1. The third kappa shape index (κ3) is 2.36. The smallest absolute Gasteiger partial charge is 0.408 e. The first-order valence-electron chi connectivity index (χ1n) is 5.19. The summed E-state index contributed by atoms with van der Waals surface area (Å²) in [6.45, 7) is 0.210. The maximum Gasteiger partial charge on any atom is 0.417 e. The van der Waals surface area contributed by atoms with Gasteiger partial charge in [-0.05, 0) is 19.2 Å². The van der Waals surface area contributed by atoms with Crippen molar-refractivity contribution in [2.45, 2.75) is 12.3 Å². The van der Waals surface area contributed by atoms with Crippen molar-refractivity contribution in [2.75, 3.05) is 13.6 Å². The van der Waals surface area contributed by atoms with E-state index >= 15 is 0 Å². The van der Waals surface area contributed by atoms with Gasteiger partial charge in [-0.3, -0.25) is 4.98 Å². The number of aromatic amines is 1.